The molecule has 0 fully saturated rings. The lowest BCUT2D eigenvalue weighted by atomic mass is 9.33. The summed E-state index contributed by atoms with van der Waals surface area (Å²) in [5, 5.41) is 5.25. The van der Waals surface area contributed by atoms with Gasteiger partial charge in [0.05, 0.1) is 21.7 Å². The van der Waals surface area contributed by atoms with Gasteiger partial charge in [-0.3, -0.25) is 0 Å². The van der Waals surface area contributed by atoms with Crippen LogP contribution in [-0.2, 0) is 32.5 Å². The van der Waals surface area contributed by atoms with Crippen LogP contribution < -0.4 is 26.2 Å². The quantitative estimate of drug-likeness (QED) is 0.163. The van der Waals surface area contributed by atoms with E-state index in [0.29, 0.717) is 0 Å². The van der Waals surface area contributed by atoms with Gasteiger partial charge in [-0.1, -0.05) is 185 Å². The molecule has 7 aromatic carbocycles. The van der Waals surface area contributed by atoms with Crippen LogP contribution in [0.1, 0.15) is 158 Å². The topological polar surface area (TPSA) is 11.4 Å². The van der Waals surface area contributed by atoms with Crippen molar-refractivity contribution >= 4 is 99.8 Å². The number of hydrogen-bond donors (Lipinski definition) is 0. The van der Waals surface area contributed by atoms with Crippen molar-refractivity contribution in [1.82, 2.24) is 4.57 Å². The summed E-state index contributed by atoms with van der Waals surface area (Å²) in [4.78, 5) is 5.25. The molecule has 372 valence electrons. The second kappa shape index (κ2) is 16.2. The van der Waals surface area contributed by atoms with Gasteiger partial charge < -0.3 is 14.4 Å². The highest BCUT2D eigenvalue weighted by Crippen LogP contribution is 2.50. The second-order valence-corrected chi connectivity index (χ2v) is 28.7. The van der Waals surface area contributed by atoms with Crippen molar-refractivity contribution in [3.63, 3.8) is 0 Å². The van der Waals surface area contributed by atoms with Crippen LogP contribution >= 0.6 is 11.3 Å². The van der Waals surface area contributed by atoms with Gasteiger partial charge >= 0.3 is 0 Å². The van der Waals surface area contributed by atoms with Crippen molar-refractivity contribution in [3.8, 4) is 5.69 Å². The Balaban J connectivity index is 1.31. The first-order valence-corrected chi connectivity index (χ1v) is 27.6. The first kappa shape index (κ1) is 49.2. The van der Waals surface area contributed by atoms with Gasteiger partial charge in [-0.15, -0.1) is 11.3 Å². The van der Waals surface area contributed by atoms with Crippen molar-refractivity contribution in [1.29, 1.82) is 0 Å². The van der Waals surface area contributed by atoms with Gasteiger partial charge in [-0.2, -0.15) is 0 Å². The van der Waals surface area contributed by atoms with Crippen molar-refractivity contribution in [2.24, 2.45) is 0 Å². The van der Waals surface area contributed by atoms with E-state index < -0.39 is 0 Å². The summed E-state index contributed by atoms with van der Waals surface area (Å²) >= 11 is 1.95. The molecule has 0 saturated carbocycles. The Bertz CT molecular complexity index is 3600. The van der Waals surface area contributed by atoms with Crippen molar-refractivity contribution < 1.29 is 0 Å². The summed E-state index contributed by atoms with van der Waals surface area (Å²) < 4.78 is 3.90. The van der Waals surface area contributed by atoms with E-state index in [-0.39, 0.29) is 39.2 Å². The largest absolute Gasteiger partial charge is 0.311 e. The van der Waals surface area contributed by atoms with Crippen LogP contribution in [0.3, 0.4) is 0 Å². The van der Waals surface area contributed by atoms with E-state index in [1.54, 1.807) is 0 Å². The lowest BCUT2D eigenvalue weighted by Crippen LogP contribution is -2.61. The summed E-state index contributed by atoms with van der Waals surface area (Å²) in [5.41, 5.74) is 21.8. The van der Waals surface area contributed by atoms with E-state index in [2.05, 4.69) is 272 Å². The van der Waals surface area contributed by atoms with Gasteiger partial charge in [0, 0.05) is 43.9 Å². The van der Waals surface area contributed by atoms with E-state index >= 15 is 0 Å². The zero-order chi connectivity index (χ0) is 52.3. The van der Waals surface area contributed by atoms with E-state index in [1.165, 1.54) is 115 Å². The van der Waals surface area contributed by atoms with Crippen molar-refractivity contribution in [2.75, 3.05) is 9.80 Å². The maximum Gasteiger partial charge on any atom is 0.254 e. The molecule has 0 saturated heterocycles. The van der Waals surface area contributed by atoms with Crippen LogP contribution in [0.5, 0.6) is 0 Å². The van der Waals surface area contributed by atoms with Crippen LogP contribution in [0.15, 0.2) is 133 Å². The van der Waals surface area contributed by atoms with Crippen molar-refractivity contribution in [2.45, 2.75) is 157 Å². The molecule has 3 nitrogen and oxygen atoms in total. The molecule has 9 aromatic rings. The number of benzene rings is 7. The molecule has 0 unspecified atom stereocenters. The molecule has 73 heavy (non-hydrogen) atoms. The molecular weight excluding hydrogens is 902 g/mol. The molecule has 0 aliphatic carbocycles. The number of rotatable bonds is 3. The third kappa shape index (κ3) is 8.15. The molecule has 11 rings (SSSR count). The maximum absolute atomic E-state index is 2.64. The van der Waals surface area contributed by atoms with Gasteiger partial charge in [0.2, 0.25) is 0 Å². The Morgan fingerprint density at radius 2 is 0.712 bits per heavy atom. The number of anilines is 6. The average Bonchev–Trinajstić information content (AvgIpc) is 3.84. The number of aromatic nitrogens is 1. The van der Waals surface area contributed by atoms with Crippen molar-refractivity contribution in [3.05, 3.63) is 167 Å². The zero-order valence-electron chi connectivity index (χ0n) is 47.0. The van der Waals surface area contributed by atoms with Gasteiger partial charge in [-0.05, 0) is 160 Å². The summed E-state index contributed by atoms with van der Waals surface area (Å²) in [6.45, 7) is 42.0. The standard InChI is InChI=1S/C68H76BN3S/c1-63(2,3)41-19-27-47(28-20-41)70-56-33-25-46(68(16,17)18)38-53(56)69-60-52-37-45(67(13,14)15)26-34-59(52)73-62(60)72(48-29-21-42(22-30-48)64(4,5)6)58-40-49(39-57(70)61(58)69)71-54-31-23-43(65(7,8)9)35-50(54)51-36-44(66(10,11)12)24-32-55(51)71/h19-40H,1-18H3. The molecule has 0 radical (unpaired) electrons. The Kier molecular flexibility index (Phi) is 10.9. The number of hydrogen-bond acceptors (Lipinski definition) is 3. The Morgan fingerprint density at radius 1 is 0.329 bits per heavy atom. The van der Waals surface area contributed by atoms with E-state index in [9.17, 15) is 0 Å². The van der Waals surface area contributed by atoms with Crippen LogP contribution in [0.2, 0.25) is 0 Å². The molecule has 0 N–H and O–H groups in total. The fourth-order valence-corrected chi connectivity index (χ4v) is 12.8. The average molecular weight is 978 g/mol. The van der Waals surface area contributed by atoms with Crippen LogP contribution in [0.25, 0.3) is 37.6 Å². The predicted molar refractivity (Wildman–Crippen MR) is 322 cm³/mol. The fourth-order valence-electron chi connectivity index (χ4n) is 11.6. The molecule has 0 amide bonds. The van der Waals surface area contributed by atoms with Crippen LogP contribution in [0.4, 0.5) is 33.4 Å². The zero-order valence-corrected chi connectivity index (χ0v) is 47.8. The van der Waals surface area contributed by atoms with E-state index in [1.807, 2.05) is 11.3 Å². The molecule has 0 spiro atoms. The molecule has 0 bridgehead atoms. The number of thiophene rings is 1. The van der Waals surface area contributed by atoms with Gasteiger partial charge in [0.25, 0.3) is 6.71 Å². The lowest BCUT2D eigenvalue weighted by Gasteiger charge is -2.44. The first-order valence-electron chi connectivity index (χ1n) is 26.8. The van der Waals surface area contributed by atoms with Crippen LogP contribution in [-0.4, -0.2) is 11.3 Å². The highest BCUT2D eigenvalue weighted by atomic mass is 32.1. The Labute approximate surface area is 441 Å². The Morgan fingerprint density at radius 3 is 1.18 bits per heavy atom. The third-order valence-corrected chi connectivity index (χ3v) is 17.3. The first-order chi connectivity index (χ1) is 34.0. The SMILES string of the molecule is CC(C)(C)c1ccc(N2c3ccc(C(C)(C)C)cc3B3c4c2cc(-n2c5ccc(C(C)(C)C)cc5c5cc(C(C)(C)C)ccc52)cc4N(c2ccc(C(C)(C)C)cc2)c2sc4ccc(C(C)(C)C)cc4c23)cc1. The lowest BCUT2D eigenvalue weighted by molar-refractivity contribution is 0.590. The maximum atomic E-state index is 2.64. The molecule has 0 atom stereocenters. The summed E-state index contributed by atoms with van der Waals surface area (Å²) in [5.74, 6) is 0. The van der Waals surface area contributed by atoms with Gasteiger partial charge in [0.15, 0.2) is 0 Å². The highest BCUT2D eigenvalue weighted by Gasteiger charge is 2.46. The summed E-state index contributed by atoms with van der Waals surface area (Å²) in [6.07, 6.45) is 0. The number of nitrogens with zero attached hydrogens (tertiary/aromatic N) is 3. The summed E-state index contributed by atoms with van der Waals surface area (Å²) in [7, 11) is 0. The monoisotopic (exact) mass is 978 g/mol. The molecule has 4 heterocycles. The van der Waals surface area contributed by atoms with E-state index in [0.717, 1.165) is 5.69 Å². The predicted octanol–water partition coefficient (Wildman–Crippen LogP) is 17.9. The fraction of sp³-hybridized carbons (Fsp3) is 0.353. The Hall–Kier alpha value is -6.04. The molecule has 5 heteroatoms. The minimum atomic E-state index is -0.0497. The molecule has 2 aliphatic heterocycles. The highest BCUT2D eigenvalue weighted by molar-refractivity contribution is 7.26. The second-order valence-electron chi connectivity index (χ2n) is 27.7. The molecular formula is C68H76BN3S. The minimum Gasteiger partial charge on any atom is -0.311 e. The summed E-state index contributed by atoms with van der Waals surface area (Å²) in [6, 6.07) is 53.2. The smallest absolute Gasteiger partial charge is 0.254 e. The van der Waals surface area contributed by atoms with Crippen LogP contribution in [0, 0.1) is 0 Å². The normalized spacial score (nSPS) is 14.4. The van der Waals surface area contributed by atoms with Gasteiger partial charge in [-0.25, -0.2) is 0 Å². The third-order valence-electron chi connectivity index (χ3n) is 16.1. The minimum absolute atomic E-state index is 0.00279. The number of fused-ring (bicyclic) bond motifs is 9. The van der Waals surface area contributed by atoms with Gasteiger partial charge in [0.1, 0.15) is 0 Å². The molecule has 2 aromatic heterocycles. The van der Waals surface area contributed by atoms with E-state index in [4.69, 9.17) is 0 Å². The molecule has 2 aliphatic rings.